The molecule has 2 nitrogen and oxygen atoms in total. The number of hydrogen-bond acceptors (Lipinski definition) is 2. The van der Waals surface area contributed by atoms with Gasteiger partial charge in [-0.05, 0) is 79.3 Å². The van der Waals surface area contributed by atoms with Crippen LogP contribution in [0.5, 0.6) is 5.75 Å². The second-order valence-corrected chi connectivity index (χ2v) is 7.93. The van der Waals surface area contributed by atoms with Crippen molar-refractivity contribution in [3.8, 4) is 16.9 Å². The minimum atomic E-state index is -0.124. The third-order valence-corrected chi connectivity index (χ3v) is 5.90. The number of hydrogen-bond donors (Lipinski definition) is 1. The molecule has 2 aliphatic carbocycles. The first kappa shape index (κ1) is 18.1. The van der Waals surface area contributed by atoms with Crippen molar-refractivity contribution in [1.82, 2.24) is 0 Å². The molecule has 142 valence electrons. The number of ether oxygens (including phenoxy) is 1. The van der Waals surface area contributed by atoms with E-state index in [1.165, 1.54) is 12.8 Å². The summed E-state index contributed by atoms with van der Waals surface area (Å²) in [6, 6.07) is 11.3. The predicted molar refractivity (Wildman–Crippen MR) is 107 cm³/mol. The van der Waals surface area contributed by atoms with E-state index < -0.39 is 0 Å². The van der Waals surface area contributed by atoms with Crippen LogP contribution in [0.4, 0.5) is 4.39 Å². The van der Waals surface area contributed by atoms with Gasteiger partial charge in [-0.25, -0.2) is 4.39 Å². The van der Waals surface area contributed by atoms with Crippen molar-refractivity contribution in [1.29, 1.82) is 0 Å². The summed E-state index contributed by atoms with van der Waals surface area (Å²) < 4.78 is 21.1. The molecule has 0 aliphatic heterocycles. The molecule has 0 saturated heterocycles. The Morgan fingerprint density at radius 3 is 2.48 bits per heavy atom. The van der Waals surface area contributed by atoms with E-state index >= 15 is 0 Å². The van der Waals surface area contributed by atoms with Gasteiger partial charge >= 0.3 is 0 Å². The van der Waals surface area contributed by atoms with Crippen molar-refractivity contribution in [2.24, 2.45) is 0 Å². The van der Waals surface area contributed by atoms with E-state index in [4.69, 9.17) is 4.74 Å². The van der Waals surface area contributed by atoms with Crippen molar-refractivity contribution in [2.45, 2.75) is 63.4 Å². The summed E-state index contributed by atoms with van der Waals surface area (Å²) in [6.45, 7) is 3.61. The predicted octanol–water partition coefficient (Wildman–Crippen LogP) is 6.70. The summed E-state index contributed by atoms with van der Waals surface area (Å²) in [4.78, 5) is 0. The van der Waals surface area contributed by atoms with E-state index in [0.29, 0.717) is 6.42 Å². The van der Waals surface area contributed by atoms with Gasteiger partial charge in [0.05, 0.1) is 11.9 Å². The molecule has 3 heteroatoms. The van der Waals surface area contributed by atoms with E-state index in [9.17, 15) is 9.50 Å². The smallest absolute Gasteiger partial charge is 0.127 e. The summed E-state index contributed by atoms with van der Waals surface area (Å²) >= 11 is 0. The van der Waals surface area contributed by atoms with Crippen LogP contribution >= 0.6 is 0 Å². The number of aliphatic hydroxyl groups excluding tert-OH is 1. The first-order valence-electron chi connectivity index (χ1n) is 10.1. The average molecular weight is 366 g/mol. The number of benzene rings is 2. The maximum atomic E-state index is 14.8. The second-order valence-electron chi connectivity index (χ2n) is 7.93. The maximum absolute atomic E-state index is 14.8. The Labute approximate surface area is 160 Å². The molecule has 2 aromatic rings. The van der Waals surface area contributed by atoms with Gasteiger partial charge in [-0.1, -0.05) is 31.2 Å². The topological polar surface area (TPSA) is 29.5 Å². The monoisotopic (exact) mass is 366 g/mol. The third kappa shape index (κ3) is 3.87. The lowest BCUT2D eigenvalue weighted by Gasteiger charge is -2.29. The van der Waals surface area contributed by atoms with Crippen LogP contribution in [0, 0.1) is 5.82 Å². The Bertz CT molecular complexity index is 832. The van der Waals surface area contributed by atoms with E-state index in [2.05, 4.69) is 6.58 Å². The molecule has 0 radical (unpaired) electrons. The first-order valence-corrected chi connectivity index (χ1v) is 10.1. The van der Waals surface area contributed by atoms with Crippen molar-refractivity contribution >= 4 is 0 Å². The Morgan fingerprint density at radius 2 is 1.81 bits per heavy atom. The SMILES string of the molecule is C=C(O)Cc1ccc(OC2CCCC2)c(-c2cccc(F)c2C2CCC2)c1. The minimum absolute atomic E-state index is 0.124. The third-order valence-electron chi connectivity index (χ3n) is 5.90. The molecular formula is C24H27FO2. The second kappa shape index (κ2) is 7.75. The molecule has 0 atom stereocenters. The van der Waals surface area contributed by atoms with Crippen LogP contribution in [-0.4, -0.2) is 11.2 Å². The summed E-state index contributed by atoms with van der Waals surface area (Å²) in [5, 5.41) is 9.61. The zero-order chi connectivity index (χ0) is 18.8. The van der Waals surface area contributed by atoms with Crippen molar-refractivity contribution in [3.63, 3.8) is 0 Å². The van der Waals surface area contributed by atoms with Crippen LogP contribution in [0.25, 0.3) is 11.1 Å². The van der Waals surface area contributed by atoms with Crippen LogP contribution in [0.2, 0.25) is 0 Å². The van der Waals surface area contributed by atoms with Gasteiger partial charge in [0.2, 0.25) is 0 Å². The summed E-state index contributed by atoms with van der Waals surface area (Å²) in [7, 11) is 0. The molecule has 2 fully saturated rings. The molecule has 2 saturated carbocycles. The Morgan fingerprint density at radius 1 is 1.04 bits per heavy atom. The largest absolute Gasteiger partial charge is 0.513 e. The Kier molecular flexibility index (Phi) is 5.20. The lowest BCUT2D eigenvalue weighted by molar-refractivity contribution is 0.211. The highest BCUT2D eigenvalue weighted by molar-refractivity contribution is 5.75. The van der Waals surface area contributed by atoms with Crippen LogP contribution in [0.1, 0.15) is 62.0 Å². The van der Waals surface area contributed by atoms with Crippen LogP contribution in [0.15, 0.2) is 48.7 Å². The van der Waals surface area contributed by atoms with E-state index in [1.807, 2.05) is 24.3 Å². The number of aliphatic hydroxyl groups is 1. The van der Waals surface area contributed by atoms with E-state index in [0.717, 1.165) is 60.1 Å². The molecule has 0 aromatic heterocycles. The standard InChI is InChI=1S/C24H27FO2/c1-16(26)14-17-12-13-23(27-19-8-2-3-9-19)21(15-17)20-10-5-11-22(25)24(20)18-6-4-7-18/h5,10-13,15,18-19,26H,1-4,6-9,14H2. The lowest BCUT2D eigenvalue weighted by atomic mass is 9.76. The highest BCUT2D eigenvalue weighted by Gasteiger charge is 2.27. The van der Waals surface area contributed by atoms with Gasteiger partial charge in [0.1, 0.15) is 11.6 Å². The van der Waals surface area contributed by atoms with Gasteiger partial charge in [-0.3, -0.25) is 0 Å². The maximum Gasteiger partial charge on any atom is 0.127 e. The van der Waals surface area contributed by atoms with Gasteiger partial charge < -0.3 is 9.84 Å². The number of rotatable bonds is 6. The fourth-order valence-corrected chi connectivity index (χ4v) is 4.31. The molecule has 27 heavy (non-hydrogen) atoms. The van der Waals surface area contributed by atoms with Crippen LogP contribution < -0.4 is 4.74 Å². The molecule has 0 amide bonds. The van der Waals surface area contributed by atoms with Gasteiger partial charge in [-0.2, -0.15) is 0 Å². The van der Waals surface area contributed by atoms with E-state index in [1.54, 1.807) is 12.1 Å². The normalized spacial score (nSPS) is 17.7. The fraction of sp³-hybridized carbons (Fsp3) is 0.417. The molecular weight excluding hydrogens is 339 g/mol. The molecule has 0 unspecified atom stereocenters. The van der Waals surface area contributed by atoms with Gasteiger partial charge in [-0.15, -0.1) is 0 Å². The summed E-state index contributed by atoms with van der Waals surface area (Å²) in [5.41, 5.74) is 3.64. The molecule has 2 aliphatic rings. The molecule has 0 spiro atoms. The molecule has 0 heterocycles. The lowest BCUT2D eigenvalue weighted by Crippen LogP contribution is -2.14. The summed E-state index contributed by atoms with van der Waals surface area (Å²) in [6.07, 6.45) is 8.44. The van der Waals surface area contributed by atoms with Crippen molar-refractivity contribution in [3.05, 3.63) is 65.7 Å². The van der Waals surface area contributed by atoms with Crippen molar-refractivity contribution < 1.29 is 14.2 Å². The zero-order valence-electron chi connectivity index (χ0n) is 15.7. The number of halogens is 1. The van der Waals surface area contributed by atoms with Gasteiger partial charge in [0.25, 0.3) is 0 Å². The highest BCUT2D eigenvalue weighted by atomic mass is 19.1. The Balaban J connectivity index is 1.79. The Hall–Kier alpha value is -2.29. The quantitative estimate of drug-likeness (QED) is 0.577. The van der Waals surface area contributed by atoms with Crippen LogP contribution in [0.3, 0.4) is 0 Å². The first-order chi connectivity index (χ1) is 13.1. The average Bonchev–Trinajstić information content (AvgIpc) is 3.09. The molecule has 2 aromatic carbocycles. The van der Waals surface area contributed by atoms with Crippen LogP contribution in [-0.2, 0) is 6.42 Å². The minimum Gasteiger partial charge on any atom is -0.513 e. The molecule has 0 bridgehead atoms. The highest BCUT2D eigenvalue weighted by Crippen LogP contribution is 2.45. The summed E-state index contributed by atoms with van der Waals surface area (Å²) in [5.74, 6) is 1.11. The van der Waals surface area contributed by atoms with Gasteiger partial charge in [0, 0.05) is 12.0 Å². The fourth-order valence-electron chi connectivity index (χ4n) is 4.31. The molecule has 1 N–H and O–H groups in total. The van der Waals surface area contributed by atoms with Crippen molar-refractivity contribution in [2.75, 3.05) is 0 Å². The van der Waals surface area contributed by atoms with Gasteiger partial charge in [0.15, 0.2) is 0 Å². The van der Waals surface area contributed by atoms with E-state index in [-0.39, 0.29) is 23.6 Å². The zero-order valence-corrected chi connectivity index (χ0v) is 15.7. The number of allylic oxidation sites excluding steroid dienone is 1. The molecule has 4 rings (SSSR count).